The van der Waals surface area contributed by atoms with Crippen LogP contribution in [-0.4, -0.2) is 33.8 Å². The molecule has 196 valence electrons. The molecule has 0 saturated carbocycles. The second-order valence-electron chi connectivity index (χ2n) is 11.5. The largest absolute Gasteiger partial charge is 0.487 e. The number of fused-ring (bicyclic) bond motifs is 5. The molecule has 0 aromatic heterocycles. The highest BCUT2D eigenvalue weighted by Gasteiger charge is 2.40. The van der Waals surface area contributed by atoms with Crippen molar-refractivity contribution in [3.05, 3.63) is 64.7 Å². The molecular weight excluding hydrogens is 464 g/mol. The molecule has 37 heavy (non-hydrogen) atoms. The highest BCUT2D eigenvalue weighted by Crippen LogP contribution is 2.41. The second-order valence-corrected chi connectivity index (χ2v) is 11.5. The fourth-order valence-corrected chi connectivity index (χ4v) is 6.07. The van der Waals surface area contributed by atoms with Crippen LogP contribution in [0.15, 0.2) is 47.5 Å². The number of nitrogens with two attached hydrogens (primary N) is 1. The van der Waals surface area contributed by atoms with Crippen molar-refractivity contribution in [3.63, 3.8) is 0 Å². The Morgan fingerprint density at radius 2 is 1.97 bits per heavy atom. The molecule has 0 fully saturated rings. The summed E-state index contributed by atoms with van der Waals surface area (Å²) in [5.41, 5.74) is 9.24. The van der Waals surface area contributed by atoms with Gasteiger partial charge >= 0.3 is 0 Å². The van der Waals surface area contributed by atoms with Gasteiger partial charge in [0.1, 0.15) is 11.4 Å². The monoisotopic (exact) mass is 502 g/mol. The molecule has 3 N–H and O–H groups in total. The number of carbonyl (C=O) groups is 2. The van der Waals surface area contributed by atoms with Crippen molar-refractivity contribution in [1.82, 2.24) is 10.2 Å². The Labute approximate surface area is 219 Å². The lowest BCUT2D eigenvalue weighted by molar-refractivity contribution is -0.131. The van der Waals surface area contributed by atoms with Crippen molar-refractivity contribution in [1.29, 1.82) is 0 Å². The summed E-state index contributed by atoms with van der Waals surface area (Å²) in [6.07, 6.45) is 5.48. The third kappa shape index (κ3) is 4.96. The fourth-order valence-electron chi connectivity index (χ4n) is 6.07. The molecule has 6 rings (SSSR count). The number of ether oxygens (including phenoxy) is 1. The van der Waals surface area contributed by atoms with E-state index in [0.717, 1.165) is 49.0 Å². The first-order chi connectivity index (χ1) is 17.6. The summed E-state index contributed by atoms with van der Waals surface area (Å²) >= 11 is 0. The van der Waals surface area contributed by atoms with E-state index in [4.69, 9.17) is 15.5 Å². The third-order valence-corrected chi connectivity index (χ3v) is 8.22. The second kappa shape index (κ2) is 9.51. The van der Waals surface area contributed by atoms with Gasteiger partial charge in [-0.2, -0.15) is 0 Å². The van der Waals surface area contributed by atoms with Crippen LogP contribution in [0.5, 0.6) is 5.75 Å². The van der Waals surface area contributed by atoms with Crippen LogP contribution in [0, 0.1) is 0 Å². The lowest BCUT2D eigenvalue weighted by atomic mass is 9.84. The molecule has 0 saturated heterocycles. The van der Waals surface area contributed by atoms with Gasteiger partial charge in [0.2, 0.25) is 5.91 Å². The van der Waals surface area contributed by atoms with Crippen LogP contribution in [0.3, 0.4) is 0 Å². The molecule has 4 aliphatic heterocycles. The van der Waals surface area contributed by atoms with Gasteiger partial charge in [-0.15, -0.1) is 0 Å². The molecule has 0 spiro atoms. The van der Waals surface area contributed by atoms with E-state index in [1.54, 1.807) is 4.90 Å². The maximum Gasteiger partial charge on any atom is 0.251 e. The van der Waals surface area contributed by atoms with E-state index >= 15 is 0 Å². The Morgan fingerprint density at radius 3 is 2.73 bits per heavy atom. The van der Waals surface area contributed by atoms with Crippen LogP contribution in [0.25, 0.3) is 0 Å². The molecule has 7 heteroatoms. The van der Waals surface area contributed by atoms with Crippen LogP contribution in [0.2, 0.25) is 0 Å². The number of nitrogens with one attached hydrogen (secondary N) is 1. The van der Waals surface area contributed by atoms with Crippen molar-refractivity contribution >= 4 is 17.8 Å². The summed E-state index contributed by atoms with van der Waals surface area (Å²) in [6.45, 7) is 8.13. The number of aliphatic imine (C=N–C) groups is 1. The number of nitrogens with zero attached hydrogens (tertiary/aromatic N) is 2. The molecule has 3 atom stereocenters. The van der Waals surface area contributed by atoms with Crippen LogP contribution < -0.4 is 15.8 Å². The molecule has 0 radical (unpaired) electrons. The number of hydrogen-bond acceptors (Lipinski definition) is 5. The number of hydrogen-bond donors (Lipinski definition) is 2. The predicted molar refractivity (Wildman–Crippen MR) is 144 cm³/mol. The number of carbonyl (C=O) groups excluding carboxylic acids is 2. The number of benzene rings is 2. The van der Waals surface area contributed by atoms with E-state index in [1.807, 2.05) is 37.3 Å². The fraction of sp³-hybridized carbons (Fsp3) is 0.500. The first-order valence-corrected chi connectivity index (χ1v) is 13.5. The first kappa shape index (κ1) is 25.3. The maximum atomic E-state index is 13.5. The number of aryl methyl sites for hydroxylation is 1. The summed E-state index contributed by atoms with van der Waals surface area (Å²) in [5.74, 6) is 0.944. The molecule has 6 bridgehead atoms. The van der Waals surface area contributed by atoms with Gasteiger partial charge < -0.3 is 15.8 Å². The summed E-state index contributed by atoms with van der Waals surface area (Å²) < 4.78 is 6.27. The molecule has 0 aliphatic carbocycles. The molecule has 2 amide bonds. The smallest absolute Gasteiger partial charge is 0.251 e. The molecule has 4 aliphatic rings. The van der Waals surface area contributed by atoms with Crippen LogP contribution in [0.1, 0.15) is 105 Å². The molecule has 2 aromatic carbocycles. The first-order valence-electron chi connectivity index (χ1n) is 13.5. The quantitative estimate of drug-likeness (QED) is 0.560. The van der Waals surface area contributed by atoms with Gasteiger partial charge in [-0.3, -0.25) is 14.5 Å². The van der Waals surface area contributed by atoms with E-state index in [1.165, 1.54) is 5.56 Å². The van der Waals surface area contributed by atoms with Gasteiger partial charge in [0.15, 0.2) is 5.96 Å². The van der Waals surface area contributed by atoms with Gasteiger partial charge in [-0.05, 0) is 75.8 Å². The van der Waals surface area contributed by atoms with Crippen LogP contribution in [0.4, 0.5) is 0 Å². The standard InChI is InChI=1S/C30H38N4O3/c1-5-30-14-7-6-9-20-12-13-25-23(15-20)24(17-29(3,4)37-25)32-27(36)22-11-8-10-21(16-22)19(2)34(26(35)18-30)28(31)33-30/h8,10-13,15-16,19,24H,5-7,9,14,17-18H2,1-4H3,(H2,31,33)(H,32,36)/t19-,24+,30-/m1/s1. The van der Waals surface area contributed by atoms with Gasteiger partial charge in [0, 0.05) is 17.5 Å². The highest BCUT2D eigenvalue weighted by molar-refractivity contribution is 5.99. The SMILES string of the molecule is CC[C@@]12CCCCc3ccc4c(c3)[C@H](CC(C)(C)O4)NC(=O)c3cccc(c3)[C@@H](C)N(C(=O)C1)C(N)=N2. The van der Waals surface area contributed by atoms with Gasteiger partial charge in [0.25, 0.3) is 5.91 Å². The van der Waals surface area contributed by atoms with E-state index in [9.17, 15) is 9.59 Å². The Kier molecular flexibility index (Phi) is 6.50. The molecule has 4 heterocycles. The van der Waals surface area contributed by atoms with Crippen LogP contribution in [-0.2, 0) is 11.2 Å². The average molecular weight is 503 g/mol. The number of amides is 2. The Hall–Kier alpha value is -3.35. The lowest BCUT2D eigenvalue weighted by Gasteiger charge is -2.40. The number of rotatable bonds is 1. The summed E-state index contributed by atoms with van der Waals surface area (Å²) in [7, 11) is 0. The summed E-state index contributed by atoms with van der Waals surface area (Å²) in [5, 5.41) is 3.27. The van der Waals surface area contributed by atoms with E-state index in [-0.39, 0.29) is 29.9 Å². The molecule has 2 aromatic rings. The molecular formula is C30H38N4O3. The van der Waals surface area contributed by atoms with E-state index in [2.05, 4.69) is 38.2 Å². The van der Waals surface area contributed by atoms with Crippen molar-refractivity contribution in [2.24, 2.45) is 10.7 Å². The average Bonchev–Trinajstić information content (AvgIpc) is 2.85. The zero-order valence-electron chi connectivity index (χ0n) is 22.3. The summed E-state index contributed by atoms with van der Waals surface area (Å²) in [6, 6.07) is 13.3. The Balaban J connectivity index is 1.56. The van der Waals surface area contributed by atoms with Crippen molar-refractivity contribution in [2.75, 3.05) is 0 Å². The topological polar surface area (TPSA) is 97.0 Å². The Morgan fingerprint density at radius 1 is 1.16 bits per heavy atom. The minimum atomic E-state index is -0.453. The van der Waals surface area contributed by atoms with Crippen LogP contribution >= 0.6 is 0 Å². The van der Waals surface area contributed by atoms with Crippen molar-refractivity contribution < 1.29 is 14.3 Å². The van der Waals surface area contributed by atoms with Gasteiger partial charge in [0.05, 0.1) is 24.0 Å². The third-order valence-electron chi connectivity index (χ3n) is 8.22. The van der Waals surface area contributed by atoms with E-state index < -0.39 is 11.1 Å². The van der Waals surface area contributed by atoms with Crippen molar-refractivity contribution in [2.45, 2.75) is 95.9 Å². The minimum Gasteiger partial charge on any atom is -0.487 e. The maximum absolute atomic E-state index is 13.5. The minimum absolute atomic E-state index is 0.0116. The predicted octanol–water partition coefficient (Wildman–Crippen LogP) is 5.20. The highest BCUT2D eigenvalue weighted by atomic mass is 16.5. The zero-order valence-corrected chi connectivity index (χ0v) is 22.3. The van der Waals surface area contributed by atoms with Crippen molar-refractivity contribution in [3.8, 4) is 5.75 Å². The zero-order chi connectivity index (χ0) is 26.4. The Bertz CT molecular complexity index is 1250. The summed E-state index contributed by atoms with van der Waals surface area (Å²) in [4.78, 5) is 33.3. The number of guanidine groups is 1. The van der Waals surface area contributed by atoms with Gasteiger partial charge in [-0.25, -0.2) is 4.99 Å². The lowest BCUT2D eigenvalue weighted by Crippen LogP contribution is -2.52. The van der Waals surface area contributed by atoms with E-state index in [0.29, 0.717) is 18.4 Å². The van der Waals surface area contributed by atoms with Gasteiger partial charge in [-0.1, -0.05) is 37.6 Å². The normalized spacial score (nSPS) is 27.5. The molecule has 0 unspecified atom stereocenters. The molecule has 7 nitrogen and oxygen atoms in total.